The van der Waals surface area contributed by atoms with E-state index in [4.69, 9.17) is 5.26 Å². The van der Waals surface area contributed by atoms with Crippen LogP contribution in [0.4, 0.5) is 42.1 Å². The molecule has 0 saturated carbocycles. The van der Waals surface area contributed by atoms with Gasteiger partial charge in [0.25, 0.3) is 11.6 Å². The van der Waals surface area contributed by atoms with Gasteiger partial charge in [-0.2, -0.15) is 31.6 Å². The van der Waals surface area contributed by atoms with E-state index in [0.717, 1.165) is 5.32 Å². The van der Waals surface area contributed by atoms with E-state index >= 15 is 0 Å². The molecule has 0 aliphatic heterocycles. The molecule has 25 heavy (non-hydrogen) atoms. The second kappa shape index (κ2) is 6.47. The Morgan fingerprint density at radius 2 is 1.64 bits per heavy atom. The monoisotopic (exact) mass is 437 g/mol. The maximum absolute atomic E-state index is 13.6. The van der Waals surface area contributed by atoms with Gasteiger partial charge in [0.2, 0.25) is 0 Å². The summed E-state index contributed by atoms with van der Waals surface area (Å²) in [7, 11) is 0. The van der Waals surface area contributed by atoms with Crippen LogP contribution >= 0.6 is 15.9 Å². The highest BCUT2D eigenvalue weighted by atomic mass is 79.9. The molecule has 0 aromatic heterocycles. The second-order valence-corrected chi connectivity index (χ2v) is 5.18. The van der Waals surface area contributed by atoms with E-state index in [0.29, 0.717) is 12.1 Å². The summed E-state index contributed by atoms with van der Waals surface area (Å²) < 4.78 is 87.9. The zero-order valence-corrected chi connectivity index (χ0v) is 12.9. The molecule has 14 heteroatoms. The summed E-state index contributed by atoms with van der Waals surface area (Å²) in [6, 6.07) is 2.30. The van der Waals surface area contributed by atoms with Crippen molar-refractivity contribution in [2.45, 2.75) is 18.0 Å². The molecule has 0 atom stereocenters. The molecule has 0 spiro atoms. The fourth-order valence-corrected chi connectivity index (χ4v) is 2.08. The maximum Gasteiger partial charge on any atom is 0.441 e. The van der Waals surface area contributed by atoms with Crippen molar-refractivity contribution in [2.24, 2.45) is 0 Å². The second-order valence-electron chi connectivity index (χ2n) is 4.33. The van der Waals surface area contributed by atoms with Crippen molar-refractivity contribution in [1.82, 2.24) is 0 Å². The van der Waals surface area contributed by atoms with E-state index < -0.39 is 50.3 Å². The van der Waals surface area contributed by atoms with Crippen LogP contribution in [0.3, 0.4) is 0 Å². The molecule has 6 nitrogen and oxygen atoms in total. The van der Waals surface area contributed by atoms with Crippen LogP contribution in [0.1, 0.15) is 5.56 Å². The van der Waals surface area contributed by atoms with E-state index in [9.17, 15) is 45.6 Å². The predicted molar refractivity (Wildman–Crippen MR) is 70.1 cm³/mol. The van der Waals surface area contributed by atoms with Gasteiger partial charge >= 0.3 is 18.0 Å². The lowest BCUT2D eigenvalue weighted by Gasteiger charge is -2.28. The zero-order valence-electron chi connectivity index (χ0n) is 11.3. The lowest BCUT2D eigenvalue weighted by atomic mass is 10.0. The van der Waals surface area contributed by atoms with Crippen LogP contribution < -0.4 is 5.32 Å². The number of nitro groups is 1. The Morgan fingerprint density at radius 3 is 2.00 bits per heavy atom. The Labute approximate surface area is 141 Å². The first-order valence-corrected chi connectivity index (χ1v) is 6.48. The Bertz CT molecular complexity index is 756. The van der Waals surface area contributed by atoms with E-state index in [1.165, 1.54) is 6.07 Å². The minimum Gasteiger partial charge on any atom is -0.321 e. The molecule has 1 rings (SSSR count). The van der Waals surface area contributed by atoms with Crippen LogP contribution in [-0.2, 0) is 4.79 Å². The predicted octanol–water partition coefficient (Wildman–Crippen LogP) is 4.00. The summed E-state index contributed by atoms with van der Waals surface area (Å²) in [5, 5.41) is 20.4. The summed E-state index contributed by atoms with van der Waals surface area (Å²) in [4.78, 5) is 21.0. The molecule has 0 bridgehead atoms. The normalized spacial score (nSPS) is 12.4. The number of nitro benzene ring substituents is 1. The molecule has 0 unspecified atom stereocenters. The summed E-state index contributed by atoms with van der Waals surface area (Å²) >= 11 is 2.55. The highest BCUT2D eigenvalue weighted by Crippen LogP contribution is 2.47. The third kappa shape index (κ3) is 3.65. The quantitative estimate of drug-likeness (QED) is 0.439. The number of non-ortho nitro benzene ring substituents is 1. The molecular formula is C11H3BrF7N3O3. The van der Waals surface area contributed by atoms with Crippen LogP contribution in [0.15, 0.2) is 16.6 Å². The van der Waals surface area contributed by atoms with Gasteiger partial charge < -0.3 is 5.32 Å². The van der Waals surface area contributed by atoms with Gasteiger partial charge in [-0.1, -0.05) is 0 Å². The molecule has 1 N–H and O–H groups in total. The van der Waals surface area contributed by atoms with Crippen molar-refractivity contribution in [2.75, 3.05) is 5.32 Å². The number of nitrogens with one attached hydrogen (secondary N) is 1. The van der Waals surface area contributed by atoms with Gasteiger partial charge in [0.1, 0.15) is 6.07 Å². The smallest absolute Gasteiger partial charge is 0.321 e. The van der Waals surface area contributed by atoms with Crippen molar-refractivity contribution in [3.63, 3.8) is 0 Å². The van der Waals surface area contributed by atoms with E-state index in [2.05, 4.69) is 15.9 Å². The summed E-state index contributed by atoms with van der Waals surface area (Å²) in [6.07, 6.45) is -13.3. The fraction of sp³-hybridized carbons (Fsp3) is 0.273. The van der Waals surface area contributed by atoms with Gasteiger partial charge in [-0.15, -0.1) is 0 Å². The average Bonchev–Trinajstić information content (AvgIpc) is 2.45. The number of anilines is 1. The van der Waals surface area contributed by atoms with Gasteiger partial charge in [-0.25, -0.2) is 4.39 Å². The molecule has 0 aliphatic rings. The molecule has 0 heterocycles. The number of carbonyl (C=O) groups excluding carboxylic acids is 1. The van der Waals surface area contributed by atoms with Crippen LogP contribution in [0.5, 0.6) is 0 Å². The third-order valence-electron chi connectivity index (χ3n) is 2.74. The standard InChI is InChI=1S/C11H3BrF7N3O3/c12-6-2-5(22(24)25)1-4(3-20)7(6)21-8(23)9(13,10(14,15)16)11(17,18)19/h1-2H,(H,21,23). The minimum atomic E-state index is -6.64. The summed E-state index contributed by atoms with van der Waals surface area (Å²) in [5.74, 6) is -3.15. The van der Waals surface area contributed by atoms with Crippen molar-refractivity contribution in [3.05, 3.63) is 32.3 Å². The molecule has 0 aliphatic carbocycles. The van der Waals surface area contributed by atoms with E-state index in [1.807, 2.05) is 0 Å². The van der Waals surface area contributed by atoms with Gasteiger partial charge in [0.05, 0.1) is 16.2 Å². The number of carbonyl (C=O) groups is 1. The number of rotatable bonds is 3. The first-order chi connectivity index (χ1) is 11.2. The lowest BCUT2D eigenvalue weighted by Crippen LogP contribution is -2.61. The Hall–Kier alpha value is -2.43. The molecule has 1 amide bonds. The third-order valence-corrected chi connectivity index (χ3v) is 3.36. The van der Waals surface area contributed by atoms with Crippen LogP contribution in [0, 0.1) is 21.4 Å². The van der Waals surface area contributed by atoms with E-state index in [-0.39, 0.29) is 0 Å². The highest BCUT2D eigenvalue weighted by Gasteiger charge is 2.77. The van der Waals surface area contributed by atoms with Gasteiger partial charge in [-0.05, 0) is 15.9 Å². The number of alkyl halides is 7. The van der Waals surface area contributed by atoms with Crippen molar-refractivity contribution < 1.29 is 40.5 Å². The number of amides is 1. The van der Waals surface area contributed by atoms with Crippen molar-refractivity contribution in [1.29, 1.82) is 5.26 Å². The molecule has 0 fully saturated rings. The SMILES string of the molecule is N#Cc1cc([N+](=O)[O-])cc(Br)c1NC(=O)C(F)(C(F)(F)F)C(F)(F)F. The van der Waals surface area contributed by atoms with Crippen molar-refractivity contribution >= 4 is 33.2 Å². The zero-order chi connectivity index (χ0) is 19.8. The number of nitrogens with zero attached hydrogens (tertiary/aromatic N) is 2. The number of benzene rings is 1. The Morgan fingerprint density at radius 1 is 1.16 bits per heavy atom. The first-order valence-electron chi connectivity index (χ1n) is 5.68. The molecular weight excluding hydrogens is 435 g/mol. The Kier molecular flexibility index (Phi) is 5.33. The lowest BCUT2D eigenvalue weighted by molar-refractivity contribution is -0.384. The number of halogens is 8. The number of hydrogen-bond donors (Lipinski definition) is 1. The molecule has 0 radical (unpaired) electrons. The van der Waals surface area contributed by atoms with Gasteiger partial charge in [-0.3, -0.25) is 14.9 Å². The maximum atomic E-state index is 13.6. The summed E-state index contributed by atoms with van der Waals surface area (Å²) in [6.45, 7) is 0. The fourth-order valence-electron chi connectivity index (χ4n) is 1.53. The van der Waals surface area contributed by atoms with Gasteiger partial charge in [0, 0.05) is 16.6 Å². The minimum absolute atomic E-state index is 0.474. The van der Waals surface area contributed by atoms with Crippen LogP contribution in [-0.4, -0.2) is 28.9 Å². The van der Waals surface area contributed by atoms with E-state index in [1.54, 1.807) is 0 Å². The first kappa shape index (κ1) is 20.6. The highest BCUT2D eigenvalue weighted by molar-refractivity contribution is 9.10. The average molecular weight is 438 g/mol. The molecule has 1 aromatic rings. The molecule has 136 valence electrons. The summed E-state index contributed by atoms with van der Waals surface area (Å²) in [5.41, 5.74) is -8.86. The molecule has 0 saturated heterocycles. The van der Waals surface area contributed by atoms with Gasteiger partial charge in [0.15, 0.2) is 0 Å². The number of hydrogen-bond acceptors (Lipinski definition) is 4. The number of nitriles is 1. The largest absolute Gasteiger partial charge is 0.441 e. The van der Waals surface area contributed by atoms with Crippen LogP contribution in [0.25, 0.3) is 0 Å². The topological polar surface area (TPSA) is 96.0 Å². The molecule has 1 aromatic carbocycles. The van der Waals surface area contributed by atoms with Crippen LogP contribution in [0.2, 0.25) is 0 Å². The van der Waals surface area contributed by atoms with Crippen molar-refractivity contribution in [3.8, 4) is 6.07 Å². The Balaban J connectivity index is 3.46.